The highest BCUT2D eigenvalue weighted by atomic mass is 16.3. The van der Waals surface area contributed by atoms with Gasteiger partial charge in [0.1, 0.15) is 5.60 Å². The lowest BCUT2D eigenvalue weighted by molar-refractivity contribution is 0.0738. The Balaban J connectivity index is 1.53. The fraction of sp³-hybridized carbons (Fsp3) is 0.440. The summed E-state index contributed by atoms with van der Waals surface area (Å²) in [5.41, 5.74) is 3.60. The van der Waals surface area contributed by atoms with Gasteiger partial charge in [-0.25, -0.2) is 4.79 Å². The van der Waals surface area contributed by atoms with Crippen LogP contribution in [0.4, 0.5) is 5.69 Å². The molecule has 1 aliphatic rings. The normalized spacial score (nSPS) is 15.3. The van der Waals surface area contributed by atoms with Gasteiger partial charge in [0.2, 0.25) is 0 Å². The van der Waals surface area contributed by atoms with Gasteiger partial charge in [0, 0.05) is 50.3 Å². The Labute approximate surface area is 189 Å². The molecule has 4 rings (SSSR count). The van der Waals surface area contributed by atoms with Crippen molar-refractivity contribution >= 4 is 5.69 Å². The van der Waals surface area contributed by atoms with Crippen LogP contribution in [0.2, 0.25) is 0 Å². The number of hydrogen-bond acceptors (Lipinski definition) is 5. The summed E-state index contributed by atoms with van der Waals surface area (Å²) in [6.45, 7) is 10.1. The van der Waals surface area contributed by atoms with Gasteiger partial charge in [0.15, 0.2) is 0 Å². The highest BCUT2D eigenvalue weighted by Crippen LogP contribution is 2.23. The molecule has 7 heteroatoms. The monoisotopic (exact) mass is 435 g/mol. The minimum Gasteiger partial charge on any atom is -0.384 e. The van der Waals surface area contributed by atoms with E-state index >= 15 is 0 Å². The number of benzene rings is 1. The molecule has 0 bridgehead atoms. The fourth-order valence-electron chi connectivity index (χ4n) is 4.29. The van der Waals surface area contributed by atoms with Crippen LogP contribution < -0.4 is 10.6 Å². The minimum absolute atomic E-state index is 0.0719. The highest BCUT2D eigenvalue weighted by Gasteiger charge is 2.19. The van der Waals surface area contributed by atoms with Crippen LogP contribution >= 0.6 is 0 Å². The van der Waals surface area contributed by atoms with E-state index in [9.17, 15) is 9.90 Å². The zero-order valence-electron chi connectivity index (χ0n) is 19.5. The molecular weight excluding hydrogens is 402 g/mol. The largest absolute Gasteiger partial charge is 0.384 e. The lowest BCUT2D eigenvalue weighted by Crippen LogP contribution is -2.44. The van der Waals surface area contributed by atoms with Crippen LogP contribution in [0.25, 0.3) is 5.69 Å². The summed E-state index contributed by atoms with van der Waals surface area (Å²) in [7, 11) is 2.16. The molecule has 1 N–H and O–H groups in total. The Morgan fingerprint density at radius 2 is 1.78 bits per heavy atom. The lowest BCUT2D eigenvalue weighted by Gasteiger charge is -2.35. The Morgan fingerprint density at radius 3 is 2.44 bits per heavy atom. The maximum Gasteiger partial charge on any atom is 0.333 e. The number of piperazine rings is 1. The van der Waals surface area contributed by atoms with E-state index in [-0.39, 0.29) is 5.69 Å². The van der Waals surface area contributed by atoms with Gasteiger partial charge in [-0.15, -0.1) is 0 Å². The van der Waals surface area contributed by atoms with Gasteiger partial charge < -0.3 is 14.9 Å². The van der Waals surface area contributed by atoms with Gasteiger partial charge in [-0.1, -0.05) is 18.2 Å². The average molecular weight is 436 g/mol. The standard InChI is InChI=1S/C25H33N5O2/c1-19-18-29(24(31)30(19)21-9-10-23(26-17-21)25(2,3)32)12-11-20-7-5-6-8-22(20)28-15-13-27(4)14-16-28/h5-10,17-18,32H,11-16H2,1-4H3. The molecule has 1 aromatic carbocycles. The van der Waals surface area contributed by atoms with Crippen LogP contribution in [0.5, 0.6) is 0 Å². The molecule has 3 heterocycles. The molecular formula is C25H33N5O2. The first-order valence-electron chi connectivity index (χ1n) is 11.2. The van der Waals surface area contributed by atoms with Crippen LogP contribution in [0.15, 0.2) is 53.6 Å². The lowest BCUT2D eigenvalue weighted by atomic mass is 10.1. The number of likely N-dealkylation sites (N-methyl/N-ethyl adjacent to an activating group) is 1. The molecule has 0 saturated carbocycles. The first kappa shape index (κ1) is 22.3. The summed E-state index contributed by atoms with van der Waals surface area (Å²) in [5.74, 6) is 0. The molecule has 3 aromatic rings. The number of hydrogen-bond donors (Lipinski definition) is 1. The number of aliphatic hydroxyl groups is 1. The maximum absolute atomic E-state index is 13.1. The van der Waals surface area contributed by atoms with E-state index in [1.54, 1.807) is 35.2 Å². The Bertz CT molecular complexity index is 1120. The molecule has 7 nitrogen and oxygen atoms in total. The number of anilines is 1. The molecule has 1 saturated heterocycles. The summed E-state index contributed by atoms with van der Waals surface area (Å²) in [6, 6.07) is 12.1. The van der Waals surface area contributed by atoms with Crippen LogP contribution in [0, 0.1) is 6.92 Å². The number of imidazole rings is 1. The van der Waals surface area contributed by atoms with E-state index in [4.69, 9.17) is 0 Å². The van der Waals surface area contributed by atoms with Crippen LogP contribution in [-0.2, 0) is 18.6 Å². The first-order valence-corrected chi connectivity index (χ1v) is 11.2. The number of nitrogens with zero attached hydrogens (tertiary/aromatic N) is 5. The van der Waals surface area contributed by atoms with Gasteiger partial charge in [0.25, 0.3) is 0 Å². The number of pyridine rings is 1. The van der Waals surface area contributed by atoms with E-state index < -0.39 is 5.60 Å². The zero-order valence-corrected chi connectivity index (χ0v) is 19.5. The first-order chi connectivity index (χ1) is 15.2. The molecule has 0 aliphatic carbocycles. The van der Waals surface area contributed by atoms with Gasteiger partial charge in [-0.05, 0) is 58.0 Å². The van der Waals surface area contributed by atoms with Gasteiger partial charge in [-0.3, -0.25) is 14.1 Å². The van der Waals surface area contributed by atoms with Crippen molar-refractivity contribution in [1.29, 1.82) is 0 Å². The second-order valence-corrected chi connectivity index (χ2v) is 9.21. The van der Waals surface area contributed by atoms with E-state index in [0.717, 1.165) is 38.3 Å². The summed E-state index contributed by atoms with van der Waals surface area (Å²) in [6.07, 6.45) is 4.35. The van der Waals surface area contributed by atoms with Crippen molar-refractivity contribution in [3.63, 3.8) is 0 Å². The second kappa shape index (κ2) is 8.92. The van der Waals surface area contributed by atoms with Crippen molar-refractivity contribution in [2.75, 3.05) is 38.1 Å². The number of aromatic nitrogens is 3. The summed E-state index contributed by atoms with van der Waals surface area (Å²) >= 11 is 0. The molecule has 32 heavy (non-hydrogen) atoms. The van der Waals surface area contributed by atoms with Crippen LogP contribution in [0.3, 0.4) is 0 Å². The third kappa shape index (κ3) is 4.64. The Kier molecular flexibility index (Phi) is 6.22. The topological polar surface area (TPSA) is 66.5 Å². The maximum atomic E-state index is 13.1. The number of para-hydroxylation sites is 1. The van der Waals surface area contributed by atoms with E-state index in [2.05, 4.69) is 46.1 Å². The van der Waals surface area contributed by atoms with Crippen molar-refractivity contribution < 1.29 is 5.11 Å². The summed E-state index contributed by atoms with van der Waals surface area (Å²) in [5, 5.41) is 10.1. The quantitative estimate of drug-likeness (QED) is 0.645. The van der Waals surface area contributed by atoms with Crippen molar-refractivity contribution in [1.82, 2.24) is 19.0 Å². The van der Waals surface area contributed by atoms with Crippen molar-refractivity contribution in [2.45, 2.75) is 39.3 Å². The highest BCUT2D eigenvalue weighted by molar-refractivity contribution is 5.54. The van der Waals surface area contributed by atoms with Crippen LogP contribution in [-0.4, -0.2) is 57.4 Å². The smallest absolute Gasteiger partial charge is 0.333 e. The SMILES string of the molecule is Cc1cn(CCc2ccccc2N2CCN(C)CC2)c(=O)n1-c1ccc(C(C)(C)O)nc1. The molecule has 1 fully saturated rings. The molecule has 0 spiro atoms. The molecule has 0 amide bonds. The molecule has 2 aromatic heterocycles. The summed E-state index contributed by atoms with van der Waals surface area (Å²) in [4.78, 5) is 22.3. The Hall–Kier alpha value is -2.90. The second-order valence-electron chi connectivity index (χ2n) is 9.21. The Morgan fingerprint density at radius 1 is 1.06 bits per heavy atom. The molecule has 0 atom stereocenters. The van der Waals surface area contributed by atoms with E-state index in [0.29, 0.717) is 17.9 Å². The molecule has 170 valence electrons. The third-order valence-electron chi connectivity index (χ3n) is 6.22. The van der Waals surface area contributed by atoms with Crippen molar-refractivity contribution in [3.05, 3.63) is 76.2 Å². The molecule has 0 radical (unpaired) electrons. The van der Waals surface area contributed by atoms with Crippen molar-refractivity contribution in [2.24, 2.45) is 0 Å². The summed E-state index contributed by atoms with van der Waals surface area (Å²) < 4.78 is 3.45. The van der Waals surface area contributed by atoms with Gasteiger partial charge in [-0.2, -0.15) is 0 Å². The predicted octanol–water partition coefficient (Wildman–Crippen LogP) is 2.56. The zero-order chi connectivity index (χ0) is 22.9. The van der Waals surface area contributed by atoms with Crippen molar-refractivity contribution in [3.8, 4) is 5.69 Å². The number of aryl methyl sites for hydroxylation is 3. The molecule has 1 aliphatic heterocycles. The van der Waals surface area contributed by atoms with E-state index in [1.165, 1.54) is 11.3 Å². The third-order valence-corrected chi connectivity index (χ3v) is 6.22. The fourth-order valence-corrected chi connectivity index (χ4v) is 4.29. The predicted molar refractivity (Wildman–Crippen MR) is 128 cm³/mol. The average Bonchev–Trinajstić information content (AvgIpc) is 3.05. The minimum atomic E-state index is -1.01. The van der Waals surface area contributed by atoms with Crippen LogP contribution in [0.1, 0.15) is 30.8 Å². The number of rotatable bonds is 6. The van der Waals surface area contributed by atoms with Gasteiger partial charge >= 0.3 is 5.69 Å². The molecule has 0 unspecified atom stereocenters. The van der Waals surface area contributed by atoms with E-state index in [1.807, 2.05) is 19.2 Å². The van der Waals surface area contributed by atoms with Gasteiger partial charge in [0.05, 0.1) is 17.6 Å².